The third-order valence-corrected chi connectivity index (χ3v) is 5.78. The van der Waals surface area contributed by atoms with Crippen molar-refractivity contribution in [1.82, 2.24) is 9.62 Å². The summed E-state index contributed by atoms with van der Waals surface area (Å²) in [6.45, 7) is 2.58. The molecule has 1 amide bonds. The van der Waals surface area contributed by atoms with Gasteiger partial charge in [0.25, 0.3) is 0 Å². The summed E-state index contributed by atoms with van der Waals surface area (Å²) in [4.78, 5) is 11.9. The number of hydrogen-bond acceptors (Lipinski definition) is 4. The van der Waals surface area contributed by atoms with Gasteiger partial charge in [-0.15, -0.1) is 0 Å². The fourth-order valence-electron chi connectivity index (χ4n) is 2.36. The number of nitrogens with zero attached hydrogens (tertiary/aromatic N) is 1. The highest BCUT2D eigenvalue weighted by Crippen LogP contribution is 2.25. The largest absolute Gasteiger partial charge is 0.353 e. The number of benzene rings is 1. The molecule has 1 aromatic carbocycles. The molecular formula is C13H18ClN3O3S. The first-order valence-corrected chi connectivity index (χ1v) is 8.51. The van der Waals surface area contributed by atoms with Gasteiger partial charge in [0.1, 0.15) is 6.04 Å². The van der Waals surface area contributed by atoms with E-state index < -0.39 is 16.1 Å². The zero-order valence-electron chi connectivity index (χ0n) is 11.7. The van der Waals surface area contributed by atoms with E-state index in [2.05, 4.69) is 5.32 Å². The second-order valence-corrected chi connectivity index (χ2v) is 7.09. The molecule has 0 bridgehead atoms. The van der Waals surface area contributed by atoms with Crippen LogP contribution in [0, 0.1) is 0 Å². The topological polar surface area (TPSA) is 92.5 Å². The highest BCUT2D eigenvalue weighted by atomic mass is 35.5. The summed E-state index contributed by atoms with van der Waals surface area (Å²) in [5, 5.41) is 2.99. The van der Waals surface area contributed by atoms with E-state index in [1.807, 2.05) is 0 Å². The van der Waals surface area contributed by atoms with E-state index in [4.69, 9.17) is 17.3 Å². The molecule has 1 aliphatic rings. The number of carbonyl (C=O) groups is 1. The smallest absolute Gasteiger partial charge is 0.243 e. The van der Waals surface area contributed by atoms with Crippen molar-refractivity contribution in [3.8, 4) is 0 Å². The normalized spacial score (nSPS) is 20.3. The standard InChI is InChI=1S/C13H18ClN3O3S/c1-2-12-13(18)16-5-6-17(12)21(19,20)10-4-3-9(8-15)11(14)7-10/h3-4,7,12H,2,5-6,8,15H2,1H3,(H,16,18). The Morgan fingerprint density at radius 3 is 2.76 bits per heavy atom. The molecule has 1 aromatic rings. The first-order valence-electron chi connectivity index (χ1n) is 6.69. The second kappa shape index (κ2) is 6.31. The maximum atomic E-state index is 12.7. The summed E-state index contributed by atoms with van der Waals surface area (Å²) in [7, 11) is -3.76. The van der Waals surface area contributed by atoms with E-state index in [9.17, 15) is 13.2 Å². The monoisotopic (exact) mass is 331 g/mol. The van der Waals surface area contributed by atoms with Crippen molar-refractivity contribution < 1.29 is 13.2 Å². The molecule has 1 aliphatic heterocycles. The van der Waals surface area contributed by atoms with Gasteiger partial charge in [-0.1, -0.05) is 24.6 Å². The highest BCUT2D eigenvalue weighted by Gasteiger charge is 2.37. The number of sulfonamides is 1. The van der Waals surface area contributed by atoms with Crippen LogP contribution in [0.15, 0.2) is 23.1 Å². The van der Waals surface area contributed by atoms with Gasteiger partial charge < -0.3 is 11.1 Å². The molecule has 1 fully saturated rings. The van der Waals surface area contributed by atoms with E-state index in [0.717, 1.165) is 0 Å². The molecule has 116 valence electrons. The highest BCUT2D eigenvalue weighted by molar-refractivity contribution is 7.89. The first-order chi connectivity index (χ1) is 9.91. The zero-order chi connectivity index (χ0) is 15.6. The van der Waals surface area contributed by atoms with Gasteiger partial charge in [0.05, 0.1) is 4.90 Å². The Kier molecular flexibility index (Phi) is 4.88. The van der Waals surface area contributed by atoms with Crippen LogP contribution in [0.1, 0.15) is 18.9 Å². The molecule has 0 radical (unpaired) electrons. The van der Waals surface area contributed by atoms with Crippen LogP contribution in [0.5, 0.6) is 0 Å². The van der Waals surface area contributed by atoms with Crippen molar-refractivity contribution in [2.24, 2.45) is 5.73 Å². The van der Waals surface area contributed by atoms with Gasteiger partial charge in [0.2, 0.25) is 15.9 Å². The summed E-state index contributed by atoms with van der Waals surface area (Å²) in [6.07, 6.45) is 0.416. The van der Waals surface area contributed by atoms with Crippen LogP contribution in [-0.2, 0) is 21.4 Å². The van der Waals surface area contributed by atoms with E-state index in [1.165, 1.54) is 16.4 Å². The van der Waals surface area contributed by atoms with E-state index in [-0.39, 0.29) is 23.9 Å². The van der Waals surface area contributed by atoms with Gasteiger partial charge in [-0.2, -0.15) is 4.31 Å². The van der Waals surface area contributed by atoms with Crippen molar-refractivity contribution in [2.75, 3.05) is 13.1 Å². The number of nitrogens with two attached hydrogens (primary N) is 1. The number of rotatable bonds is 4. The summed E-state index contributed by atoms with van der Waals surface area (Å²) in [5.74, 6) is -0.267. The minimum absolute atomic E-state index is 0.0813. The summed E-state index contributed by atoms with van der Waals surface area (Å²) in [5.41, 5.74) is 6.20. The Labute approximate surface area is 129 Å². The van der Waals surface area contributed by atoms with Crippen molar-refractivity contribution in [3.05, 3.63) is 28.8 Å². The zero-order valence-corrected chi connectivity index (χ0v) is 13.2. The minimum Gasteiger partial charge on any atom is -0.353 e. The summed E-state index contributed by atoms with van der Waals surface area (Å²) in [6, 6.07) is 3.78. The Morgan fingerprint density at radius 1 is 1.48 bits per heavy atom. The number of halogens is 1. The molecule has 8 heteroatoms. The Morgan fingerprint density at radius 2 is 2.19 bits per heavy atom. The Bertz CT molecular complexity index is 648. The average Bonchev–Trinajstić information content (AvgIpc) is 2.46. The van der Waals surface area contributed by atoms with Crippen molar-refractivity contribution in [3.63, 3.8) is 0 Å². The third-order valence-electron chi connectivity index (χ3n) is 3.52. The van der Waals surface area contributed by atoms with E-state index >= 15 is 0 Å². The maximum Gasteiger partial charge on any atom is 0.243 e. The van der Waals surface area contributed by atoms with Gasteiger partial charge in [0.15, 0.2) is 0 Å². The second-order valence-electron chi connectivity index (χ2n) is 4.79. The predicted octanol–water partition coefficient (Wildman–Crippen LogP) is 0.698. The van der Waals surface area contributed by atoms with E-state index in [0.29, 0.717) is 23.6 Å². The molecule has 1 saturated heterocycles. The quantitative estimate of drug-likeness (QED) is 0.849. The number of hydrogen-bond donors (Lipinski definition) is 2. The minimum atomic E-state index is -3.76. The van der Waals surface area contributed by atoms with Crippen LogP contribution >= 0.6 is 11.6 Å². The van der Waals surface area contributed by atoms with Gasteiger partial charge in [-0.05, 0) is 24.1 Å². The molecule has 3 N–H and O–H groups in total. The average molecular weight is 332 g/mol. The number of piperazine rings is 1. The lowest BCUT2D eigenvalue weighted by Gasteiger charge is -2.33. The Balaban J connectivity index is 2.41. The van der Waals surface area contributed by atoms with E-state index in [1.54, 1.807) is 13.0 Å². The van der Waals surface area contributed by atoms with Crippen LogP contribution < -0.4 is 11.1 Å². The Hall–Kier alpha value is -1.15. The van der Waals surface area contributed by atoms with Gasteiger partial charge in [0, 0.05) is 24.7 Å². The summed E-state index contributed by atoms with van der Waals surface area (Å²) >= 11 is 6.03. The first kappa shape index (κ1) is 16.2. The lowest BCUT2D eigenvalue weighted by Crippen LogP contribution is -2.56. The fourth-order valence-corrected chi connectivity index (χ4v) is 4.37. The van der Waals surface area contributed by atoms with Crippen LogP contribution in [0.25, 0.3) is 0 Å². The lowest BCUT2D eigenvalue weighted by atomic mass is 10.2. The molecule has 0 spiro atoms. The molecule has 0 aliphatic carbocycles. The molecule has 0 aromatic heterocycles. The van der Waals surface area contributed by atoms with Crippen LogP contribution in [0.2, 0.25) is 5.02 Å². The van der Waals surface area contributed by atoms with Gasteiger partial charge in [-0.25, -0.2) is 8.42 Å². The SMILES string of the molecule is CCC1C(=O)NCCN1S(=O)(=O)c1ccc(CN)c(Cl)c1. The molecule has 0 saturated carbocycles. The van der Waals surface area contributed by atoms with Crippen molar-refractivity contribution in [1.29, 1.82) is 0 Å². The van der Waals surface area contributed by atoms with Gasteiger partial charge >= 0.3 is 0 Å². The molecular weight excluding hydrogens is 314 g/mol. The number of carbonyl (C=O) groups excluding carboxylic acids is 1. The number of nitrogens with one attached hydrogen (secondary N) is 1. The van der Waals surface area contributed by atoms with Crippen LogP contribution in [-0.4, -0.2) is 37.8 Å². The lowest BCUT2D eigenvalue weighted by molar-refractivity contribution is -0.126. The molecule has 1 heterocycles. The molecule has 1 unspecified atom stereocenters. The molecule has 2 rings (SSSR count). The number of amides is 1. The predicted molar refractivity (Wildman–Crippen MR) is 80.3 cm³/mol. The van der Waals surface area contributed by atoms with Crippen molar-refractivity contribution in [2.45, 2.75) is 30.8 Å². The van der Waals surface area contributed by atoms with Crippen LogP contribution in [0.3, 0.4) is 0 Å². The molecule has 6 nitrogen and oxygen atoms in total. The molecule has 1 atom stereocenters. The third kappa shape index (κ3) is 3.06. The maximum absolute atomic E-state index is 12.7. The van der Waals surface area contributed by atoms with Crippen LogP contribution in [0.4, 0.5) is 0 Å². The molecule has 21 heavy (non-hydrogen) atoms. The fraction of sp³-hybridized carbons (Fsp3) is 0.462. The summed E-state index contributed by atoms with van der Waals surface area (Å²) < 4.78 is 26.7. The van der Waals surface area contributed by atoms with Gasteiger partial charge in [-0.3, -0.25) is 4.79 Å². The van der Waals surface area contributed by atoms with Crippen molar-refractivity contribution >= 4 is 27.5 Å².